The van der Waals surface area contributed by atoms with Crippen molar-refractivity contribution in [1.29, 1.82) is 0 Å². The zero-order valence-corrected chi connectivity index (χ0v) is 15.6. The first kappa shape index (κ1) is 18.9. The molecule has 0 radical (unpaired) electrons. The van der Waals surface area contributed by atoms with Gasteiger partial charge in [-0.2, -0.15) is 0 Å². The van der Waals surface area contributed by atoms with Crippen LogP contribution in [0.4, 0.5) is 10.5 Å². The number of nitrogens with one attached hydrogen (secondary N) is 3. The lowest BCUT2D eigenvalue weighted by atomic mass is 10.3. The standard InChI is InChI=1S/C17H15Cl2N3O5/c1-9(27-10-5-6-13-14(7-10)26-8-25-13)16(23)21-22-17(24)20-12-4-2-3-11(18)15(12)19/h2-7,9H,8H2,1H3,(H,21,23)(H2,20,22,24)/t9-/m0/s1. The molecule has 3 amide bonds. The number of carbonyl (C=O) groups is 2. The molecule has 0 aliphatic carbocycles. The Morgan fingerprint density at radius 1 is 1.11 bits per heavy atom. The Morgan fingerprint density at radius 3 is 2.70 bits per heavy atom. The van der Waals surface area contributed by atoms with Crippen LogP contribution in [0.3, 0.4) is 0 Å². The number of amides is 3. The SMILES string of the molecule is C[C@H](Oc1ccc2c(c1)OCO2)C(=O)NNC(=O)Nc1cccc(Cl)c1Cl. The minimum absolute atomic E-state index is 0.143. The van der Waals surface area contributed by atoms with Crippen LogP contribution in [-0.4, -0.2) is 24.8 Å². The molecular weight excluding hydrogens is 397 g/mol. The second kappa shape index (κ2) is 8.24. The number of benzene rings is 2. The first-order valence-electron chi connectivity index (χ1n) is 7.81. The lowest BCUT2D eigenvalue weighted by Gasteiger charge is -2.16. The van der Waals surface area contributed by atoms with E-state index in [1.165, 1.54) is 6.92 Å². The number of urea groups is 1. The molecule has 0 bridgehead atoms. The number of ether oxygens (including phenoxy) is 3. The Kier molecular flexibility index (Phi) is 5.78. The van der Waals surface area contributed by atoms with Gasteiger partial charge >= 0.3 is 6.03 Å². The van der Waals surface area contributed by atoms with Crippen LogP contribution in [0.15, 0.2) is 36.4 Å². The van der Waals surface area contributed by atoms with Crippen molar-refractivity contribution >= 4 is 40.8 Å². The fraction of sp³-hybridized carbons (Fsp3) is 0.176. The van der Waals surface area contributed by atoms with Crippen molar-refractivity contribution in [3.8, 4) is 17.2 Å². The van der Waals surface area contributed by atoms with E-state index in [4.69, 9.17) is 37.4 Å². The maximum absolute atomic E-state index is 12.1. The van der Waals surface area contributed by atoms with E-state index in [1.807, 2.05) is 0 Å². The van der Waals surface area contributed by atoms with Gasteiger partial charge in [0.05, 0.1) is 15.7 Å². The van der Waals surface area contributed by atoms with Crippen LogP contribution in [0.2, 0.25) is 10.0 Å². The van der Waals surface area contributed by atoms with Gasteiger partial charge in [-0.1, -0.05) is 29.3 Å². The van der Waals surface area contributed by atoms with E-state index in [-0.39, 0.29) is 11.8 Å². The monoisotopic (exact) mass is 411 g/mol. The first-order chi connectivity index (χ1) is 12.9. The van der Waals surface area contributed by atoms with Crippen LogP contribution in [0, 0.1) is 0 Å². The summed E-state index contributed by atoms with van der Waals surface area (Å²) in [5.74, 6) is 1.02. The highest BCUT2D eigenvalue weighted by Gasteiger charge is 2.19. The summed E-state index contributed by atoms with van der Waals surface area (Å²) >= 11 is 11.9. The quantitative estimate of drug-likeness (QED) is 0.670. The van der Waals surface area contributed by atoms with Crippen LogP contribution in [0.5, 0.6) is 17.2 Å². The predicted molar refractivity (Wildman–Crippen MR) is 99.4 cm³/mol. The van der Waals surface area contributed by atoms with E-state index in [1.54, 1.807) is 36.4 Å². The van der Waals surface area contributed by atoms with Gasteiger partial charge in [-0.05, 0) is 31.2 Å². The number of halogens is 2. The van der Waals surface area contributed by atoms with Gasteiger partial charge in [0.15, 0.2) is 17.6 Å². The summed E-state index contributed by atoms with van der Waals surface area (Å²) < 4.78 is 16.0. The molecule has 0 fully saturated rings. The third-order valence-electron chi connectivity index (χ3n) is 3.53. The molecule has 142 valence electrons. The lowest BCUT2D eigenvalue weighted by Crippen LogP contribution is -2.48. The fourth-order valence-electron chi connectivity index (χ4n) is 2.18. The van der Waals surface area contributed by atoms with Crippen molar-refractivity contribution in [1.82, 2.24) is 10.9 Å². The third kappa shape index (κ3) is 4.66. The molecular formula is C17H15Cl2N3O5. The minimum atomic E-state index is -0.875. The van der Waals surface area contributed by atoms with Gasteiger partial charge in [0.1, 0.15) is 5.75 Å². The van der Waals surface area contributed by atoms with E-state index >= 15 is 0 Å². The van der Waals surface area contributed by atoms with E-state index < -0.39 is 18.0 Å². The zero-order valence-electron chi connectivity index (χ0n) is 14.0. The van der Waals surface area contributed by atoms with Gasteiger partial charge in [-0.3, -0.25) is 10.2 Å². The van der Waals surface area contributed by atoms with Crippen LogP contribution in [0.1, 0.15) is 6.92 Å². The summed E-state index contributed by atoms with van der Waals surface area (Å²) in [7, 11) is 0. The molecule has 1 heterocycles. The van der Waals surface area contributed by atoms with Gasteiger partial charge in [0, 0.05) is 6.07 Å². The van der Waals surface area contributed by atoms with Crippen molar-refractivity contribution in [3.05, 3.63) is 46.4 Å². The molecule has 0 spiro atoms. The summed E-state index contributed by atoms with van der Waals surface area (Å²) in [6, 6.07) is 9.05. The van der Waals surface area contributed by atoms with E-state index in [0.29, 0.717) is 28.0 Å². The lowest BCUT2D eigenvalue weighted by molar-refractivity contribution is -0.127. The van der Waals surface area contributed by atoms with Crippen molar-refractivity contribution in [2.75, 3.05) is 12.1 Å². The fourth-order valence-corrected chi connectivity index (χ4v) is 2.53. The average molecular weight is 412 g/mol. The summed E-state index contributed by atoms with van der Waals surface area (Å²) in [5, 5.41) is 2.96. The first-order valence-corrected chi connectivity index (χ1v) is 8.57. The highest BCUT2D eigenvalue weighted by atomic mass is 35.5. The molecule has 1 aliphatic rings. The Labute approximate surface area is 164 Å². The maximum atomic E-state index is 12.1. The topological polar surface area (TPSA) is 97.9 Å². The van der Waals surface area contributed by atoms with Gasteiger partial charge in [0.25, 0.3) is 5.91 Å². The number of fused-ring (bicyclic) bond motifs is 1. The highest BCUT2D eigenvalue weighted by Crippen LogP contribution is 2.35. The molecule has 1 aliphatic heterocycles. The molecule has 3 N–H and O–H groups in total. The summed E-state index contributed by atoms with van der Waals surface area (Å²) in [6.45, 7) is 1.68. The summed E-state index contributed by atoms with van der Waals surface area (Å²) in [4.78, 5) is 24.0. The average Bonchev–Trinajstić information content (AvgIpc) is 3.11. The van der Waals surface area contributed by atoms with Crippen LogP contribution < -0.4 is 30.4 Å². The van der Waals surface area contributed by atoms with E-state index in [0.717, 1.165) is 0 Å². The Bertz CT molecular complexity index is 878. The Morgan fingerprint density at radius 2 is 1.89 bits per heavy atom. The minimum Gasteiger partial charge on any atom is -0.481 e. The molecule has 3 rings (SSSR count). The molecule has 1 atom stereocenters. The molecule has 27 heavy (non-hydrogen) atoms. The second-order valence-electron chi connectivity index (χ2n) is 5.44. The largest absolute Gasteiger partial charge is 0.481 e. The molecule has 0 saturated carbocycles. The van der Waals surface area contributed by atoms with Gasteiger partial charge in [-0.15, -0.1) is 0 Å². The zero-order chi connectivity index (χ0) is 19.4. The van der Waals surface area contributed by atoms with Crippen molar-refractivity contribution in [2.45, 2.75) is 13.0 Å². The Balaban J connectivity index is 1.49. The molecule has 0 unspecified atom stereocenters. The molecule has 2 aromatic rings. The third-order valence-corrected chi connectivity index (χ3v) is 4.34. The van der Waals surface area contributed by atoms with Gasteiger partial charge in [0.2, 0.25) is 6.79 Å². The molecule has 10 heteroatoms. The van der Waals surface area contributed by atoms with Crippen molar-refractivity contribution in [3.63, 3.8) is 0 Å². The number of hydrogen-bond donors (Lipinski definition) is 3. The normalized spacial score (nSPS) is 12.9. The van der Waals surface area contributed by atoms with Crippen LogP contribution >= 0.6 is 23.2 Å². The summed E-state index contributed by atoms with van der Waals surface area (Å²) in [5.41, 5.74) is 4.77. The predicted octanol–water partition coefficient (Wildman–Crippen LogP) is 3.34. The molecule has 0 saturated heterocycles. The number of carbonyl (C=O) groups excluding carboxylic acids is 2. The number of hydrazine groups is 1. The Hall–Kier alpha value is -2.84. The second-order valence-corrected chi connectivity index (χ2v) is 6.23. The van der Waals surface area contributed by atoms with E-state index in [2.05, 4.69) is 16.2 Å². The smallest absolute Gasteiger partial charge is 0.337 e. The van der Waals surface area contributed by atoms with E-state index in [9.17, 15) is 9.59 Å². The molecule has 2 aromatic carbocycles. The number of anilines is 1. The van der Waals surface area contributed by atoms with Gasteiger partial charge in [-0.25, -0.2) is 10.2 Å². The number of rotatable bonds is 4. The molecule has 8 nitrogen and oxygen atoms in total. The molecule has 0 aromatic heterocycles. The van der Waals surface area contributed by atoms with Gasteiger partial charge < -0.3 is 19.5 Å². The highest BCUT2D eigenvalue weighted by molar-refractivity contribution is 6.43. The van der Waals surface area contributed by atoms with Crippen LogP contribution in [-0.2, 0) is 4.79 Å². The summed E-state index contributed by atoms with van der Waals surface area (Å²) in [6.07, 6.45) is -0.875. The van der Waals surface area contributed by atoms with Crippen molar-refractivity contribution in [2.24, 2.45) is 0 Å². The number of hydrogen-bond acceptors (Lipinski definition) is 5. The van der Waals surface area contributed by atoms with Crippen LogP contribution in [0.25, 0.3) is 0 Å². The maximum Gasteiger partial charge on any atom is 0.337 e. The van der Waals surface area contributed by atoms with Crippen molar-refractivity contribution < 1.29 is 23.8 Å².